The molecule has 2 aromatic rings. The molecule has 0 saturated carbocycles. The number of carbonyl (C=O) groups is 2. The van der Waals surface area contributed by atoms with Gasteiger partial charge in [-0.15, -0.1) is 0 Å². The van der Waals surface area contributed by atoms with E-state index >= 15 is 0 Å². The fourth-order valence-corrected chi connectivity index (χ4v) is 2.18. The first kappa shape index (κ1) is 16.5. The lowest BCUT2D eigenvalue weighted by atomic mass is 10.2. The van der Waals surface area contributed by atoms with Crippen molar-refractivity contribution in [3.8, 4) is 11.5 Å². The number of benzene rings is 2. The second kappa shape index (κ2) is 7.48. The topological polar surface area (TPSA) is 76.7 Å². The molecule has 7 heteroatoms. The summed E-state index contributed by atoms with van der Waals surface area (Å²) < 4.78 is 24.0. The number of ether oxygens (including phenoxy) is 2. The van der Waals surface area contributed by atoms with Gasteiger partial charge in [0.2, 0.25) is 6.10 Å². The Labute approximate surface area is 143 Å². The Morgan fingerprint density at radius 1 is 1.08 bits per heavy atom. The summed E-state index contributed by atoms with van der Waals surface area (Å²) in [6, 6.07) is 12.8. The molecule has 128 valence electrons. The number of carbonyl (C=O) groups excluding carboxylic acids is 2. The van der Waals surface area contributed by atoms with E-state index in [-0.39, 0.29) is 6.61 Å². The van der Waals surface area contributed by atoms with E-state index in [1.165, 1.54) is 30.4 Å². The number of halogens is 1. The van der Waals surface area contributed by atoms with Crippen LogP contribution in [0.1, 0.15) is 5.56 Å². The average molecular weight is 342 g/mol. The second-order valence-electron chi connectivity index (χ2n) is 5.23. The molecule has 1 aliphatic rings. The Balaban J connectivity index is 1.50. The maximum absolute atomic E-state index is 13.0. The van der Waals surface area contributed by atoms with Crippen LogP contribution in [0.2, 0.25) is 0 Å². The highest BCUT2D eigenvalue weighted by Crippen LogP contribution is 2.30. The zero-order chi connectivity index (χ0) is 17.6. The highest BCUT2D eigenvalue weighted by Gasteiger charge is 2.27. The molecule has 0 radical (unpaired) electrons. The molecule has 0 aromatic heterocycles. The quantitative estimate of drug-likeness (QED) is 0.659. The Kier molecular flexibility index (Phi) is 4.94. The highest BCUT2D eigenvalue weighted by molar-refractivity contribution is 5.93. The van der Waals surface area contributed by atoms with Crippen molar-refractivity contribution in [2.75, 3.05) is 6.61 Å². The monoisotopic (exact) mass is 342 g/mol. The van der Waals surface area contributed by atoms with E-state index < -0.39 is 23.7 Å². The third-order valence-electron chi connectivity index (χ3n) is 3.39. The van der Waals surface area contributed by atoms with Gasteiger partial charge in [-0.05, 0) is 35.9 Å². The van der Waals surface area contributed by atoms with Gasteiger partial charge in [0.15, 0.2) is 11.5 Å². The standard InChI is InChI=1S/C18H15FN2O4/c19-13-5-3-4-12(10-13)8-9-17(22)20-21-18(23)16-11-24-14-6-1-2-7-15(14)25-16/h1-10,16H,11H2,(H,20,22)(H,21,23)/b9-8+. The number of amides is 2. The number of para-hydroxylation sites is 2. The summed E-state index contributed by atoms with van der Waals surface area (Å²) in [4.78, 5) is 23.7. The van der Waals surface area contributed by atoms with E-state index in [9.17, 15) is 14.0 Å². The van der Waals surface area contributed by atoms with Crippen LogP contribution in [0.4, 0.5) is 4.39 Å². The van der Waals surface area contributed by atoms with Crippen LogP contribution in [-0.2, 0) is 9.59 Å². The molecule has 6 nitrogen and oxygen atoms in total. The van der Waals surface area contributed by atoms with Crippen LogP contribution in [0, 0.1) is 5.82 Å². The Morgan fingerprint density at radius 2 is 1.88 bits per heavy atom. The van der Waals surface area contributed by atoms with Crippen LogP contribution in [0.5, 0.6) is 11.5 Å². The summed E-state index contributed by atoms with van der Waals surface area (Å²) in [7, 11) is 0. The second-order valence-corrected chi connectivity index (χ2v) is 5.23. The van der Waals surface area contributed by atoms with Crippen LogP contribution in [-0.4, -0.2) is 24.5 Å². The molecule has 0 spiro atoms. The van der Waals surface area contributed by atoms with Gasteiger partial charge in [-0.25, -0.2) is 4.39 Å². The SMILES string of the molecule is O=C(/C=C/c1cccc(F)c1)NNC(=O)C1COc2ccccc2O1. The van der Waals surface area contributed by atoms with Crippen molar-refractivity contribution < 1.29 is 23.5 Å². The van der Waals surface area contributed by atoms with Crippen molar-refractivity contribution in [2.24, 2.45) is 0 Å². The molecule has 1 aliphatic heterocycles. The molecular formula is C18H15FN2O4. The van der Waals surface area contributed by atoms with E-state index in [0.717, 1.165) is 0 Å². The molecule has 3 rings (SSSR count). The fraction of sp³-hybridized carbons (Fsp3) is 0.111. The molecule has 0 fully saturated rings. The minimum absolute atomic E-state index is 0.0395. The summed E-state index contributed by atoms with van der Waals surface area (Å²) in [6.45, 7) is 0.0395. The zero-order valence-corrected chi connectivity index (χ0v) is 13.1. The number of nitrogens with one attached hydrogen (secondary N) is 2. The van der Waals surface area contributed by atoms with Crippen LogP contribution >= 0.6 is 0 Å². The third kappa shape index (κ3) is 4.35. The predicted molar refractivity (Wildman–Crippen MR) is 88.1 cm³/mol. The van der Waals surface area contributed by atoms with Crippen molar-refractivity contribution in [1.82, 2.24) is 10.9 Å². The van der Waals surface area contributed by atoms with Gasteiger partial charge in [0, 0.05) is 6.08 Å². The van der Waals surface area contributed by atoms with E-state index in [1.807, 2.05) is 0 Å². The Morgan fingerprint density at radius 3 is 2.68 bits per heavy atom. The van der Waals surface area contributed by atoms with Crippen LogP contribution in [0.25, 0.3) is 6.08 Å². The molecule has 0 bridgehead atoms. The van der Waals surface area contributed by atoms with Crippen molar-refractivity contribution >= 4 is 17.9 Å². The predicted octanol–water partition coefficient (Wildman–Crippen LogP) is 1.83. The number of rotatable bonds is 3. The molecule has 1 atom stereocenters. The lowest BCUT2D eigenvalue weighted by molar-refractivity contribution is -0.134. The van der Waals surface area contributed by atoms with Gasteiger partial charge in [0.25, 0.3) is 11.8 Å². The first-order valence-corrected chi connectivity index (χ1v) is 7.54. The molecule has 0 saturated heterocycles. The first-order valence-electron chi connectivity index (χ1n) is 7.54. The van der Waals surface area contributed by atoms with Gasteiger partial charge in [0.1, 0.15) is 12.4 Å². The molecule has 1 heterocycles. The van der Waals surface area contributed by atoms with Crippen LogP contribution in [0.15, 0.2) is 54.6 Å². The van der Waals surface area contributed by atoms with Crippen LogP contribution < -0.4 is 20.3 Å². The molecule has 1 unspecified atom stereocenters. The van der Waals surface area contributed by atoms with Crippen molar-refractivity contribution in [2.45, 2.75) is 6.10 Å². The van der Waals surface area contributed by atoms with Gasteiger partial charge >= 0.3 is 0 Å². The summed E-state index contributed by atoms with van der Waals surface area (Å²) in [6.07, 6.45) is 1.74. The number of hydrazine groups is 1. The largest absolute Gasteiger partial charge is 0.485 e. The average Bonchev–Trinajstić information content (AvgIpc) is 2.64. The van der Waals surface area contributed by atoms with E-state index in [4.69, 9.17) is 9.47 Å². The van der Waals surface area contributed by atoms with Gasteiger partial charge in [-0.1, -0.05) is 24.3 Å². The smallest absolute Gasteiger partial charge is 0.283 e. The summed E-state index contributed by atoms with van der Waals surface area (Å²) in [5, 5.41) is 0. The van der Waals surface area contributed by atoms with E-state index in [0.29, 0.717) is 17.1 Å². The Bertz CT molecular complexity index is 822. The molecular weight excluding hydrogens is 327 g/mol. The third-order valence-corrected chi connectivity index (χ3v) is 3.39. The minimum Gasteiger partial charge on any atom is -0.485 e. The Hall–Kier alpha value is -3.35. The maximum atomic E-state index is 13.0. The molecule has 2 amide bonds. The lowest BCUT2D eigenvalue weighted by Gasteiger charge is -2.25. The first-order chi connectivity index (χ1) is 12.1. The van der Waals surface area contributed by atoms with E-state index in [2.05, 4.69) is 10.9 Å². The fourth-order valence-electron chi connectivity index (χ4n) is 2.18. The van der Waals surface area contributed by atoms with Gasteiger partial charge in [-0.3, -0.25) is 20.4 Å². The van der Waals surface area contributed by atoms with Crippen molar-refractivity contribution in [3.05, 3.63) is 66.0 Å². The van der Waals surface area contributed by atoms with Crippen LogP contribution in [0.3, 0.4) is 0 Å². The lowest BCUT2D eigenvalue weighted by Crippen LogP contribution is -2.50. The number of hydrogen-bond acceptors (Lipinski definition) is 4. The minimum atomic E-state index is -0.873. The zero-order valence-electron chi connectivity index (χ0n) is 13.1. The van der Waals surface area contributed by atoms with Gasteiger partial charge in [-0.2, -0.15) is 0 Å². The highest BCUT2D eigenvalue weighted by atomic mass is 19.1. The van der Waals surface area contributed by atoms with Gasteiger partial charge < -0.3 is 9.47 Å². The maximum Gasteiger partial charge on any atom is 0.283 e. The van der Waals surface area contributed by atoms with Crippen molar-refractivity contribution in [1.29, 1.82) is 0 Å². The molecule has 0 aliphatic carbocycles. The van der Waals surface area contributed by atoms with E-state index in [1.54, 1.807) is 30.3 Å². The summed E-state index contributed by atoms with van der Waals surface area (Å²) >= 11 is 0. The molecule has 2 aromatic carbocycles. The number of fused-ring (bicyclic) bond motifs is 1. The molecule has 25 heavy (non-hydrogen) atoms. The summed E-state index contributed by atoms with van der Waals surface area (Å²) in [5.74, 6) is -0.470. The van der Waals surface area contributed by atoms with Crippen molar-refractivity contribution in [3.63, 3.8) is 0 Å². The number of hydrogen-bond donors (Lipinski definition) is 2. The normalized spacial score (nSPS) is 15.6. The molecule has 2 N–H and O–H groups in total. The summed E-state index contributed by atoms with van der Waals surface area (Å²) in [5.41, 5.74) is 5.03. The van der Waals surface area contributed by atoms with Gasteiger partial charge in [0.05, 0.1) is 0 Å².